The van der Waals surface area contributed by atoms with Crippen molar-refractivity contribution in [2.75, 3.05) is 0 Å². The van der Waals surface area contributed by atoms with Gasteiger partial charge in [-0.1, -0.05) is 27.2 Å². The summed E-state index contributed by atoms with van der Waals surface area (Å²) in [7, 11) is 0. The molecule has 2 aliphatic rings. The lowest BCUT2D eigenvalue weighted by molar-refractivity contribution is -0.178. The number of rotatable bonds is 3. The Balaban J connectivity index is 2.06. The summed E-state index contributed by atoms with van der Waals surface area (Å²) in [5.74, 6) is 0.193. The van der Waals surface area contributed by atoms with Crippen molar-refractivity contribution in [2.45, 2.75) is 71.0 Å². The molecule has 1 N–H and O–H groups in total. The normalized spacial score (nSPS) is 38.2. The zero-order valence-electron chi connectivity index (χ0n) is 12.7. The summed E-state index contributed by atoms with van der Waals surface area (Å²) in [5, 5.41) is 10.2. The molecule has 0 saturated heterocycles. The Kier molecular flexibility index (Phi) is 4.52. The summed E-state index contributed by atoms with van der Waals surface area (Å²) in [6, 6.07) is 0. The third-order valence-electron chi connectivity index (χ3n) is 4.96. The van der Waals surface area contributed by atoms with Crippen LogP contribution in [-0.4, -0.2) is 28.6 Å². The van der Waals surface area contributed by atoms with Gasteiger partial charge in [0.1, 0.15) is 6.10 Å². The van der Waals surface area contributed by atoms with E-state index in [1.54, 1.807) is 0 Å². The number of ether oxygens (including phenoxy) is 1. The van der Waals surface area contributed by atoms with Crippen LogP contribution < -0.4 is 0 Å². The van der Waals surface area contributed by atoms with Crippen molar-refractivity contribution in [2.24, 2.45) is 17.8 Å². The molecular formula is C16H26O4. The third kappa shape index (κ3) is 2.90. The fourth-order valence-electron chi connectivity index (χ4n) is 3.55. The number of ketones is 1. The van der Waals surface area contributed by atoms with Crippen molar-refractivity contribution in [3.63, 3.8) is 0 Å². The Morgan fingerprint density at radius 1 is 1.40 bits per heavy atom. The molecule has 0 radical (unpaired) electrons. The molecule has 2 saturated carbocycles. The Morgan fingerprint density at radius 3 is 2.65 bits per heavy atom. The quantitative estimate of drug-likeness (QED) is 0.638. The molecule has 4 heteroatoms. The van der Waals surface area contributed by atoms with E-state index in [4.69, 9.17) is 4.74 Å². The number of esters is 1. The van der Waals surface area contributed by atoms with E-state index in [2.05, 4.69) is 20.8 Å². The van der Waals surface area contributed by atoms with Crippen LogP contribution in [0.15, 0.2) is 0 Å². The van der Waals surface area contributed by atoms with Crippen LogP contribution in [0.25, 0.3) is 0 Å². The minimum Gasteiger partial charge on any atom is -0.460 e. The van der Waals surface area contributed by atoms with Crippen LogP contribution in [0.3, 0.4) is 0 Å². The molecule has 0 aromatic carbocycles. The molecule has 0 aromatic rings. The van der Waals surface area contributed by atoms with Crippen molar-refractivity contribution >= 4 is 11.8 Å². The van der Waals surface area contributed by atoms with E-state index >= 15 is 0 Å². The molecule has 114 valence electrons. The molecule has 0 amide bonds. The van der Waals surface area contributed by atoms with E-state index in [9.17, 15) is 14.7 Å². The summed E-state index contributed by atoms with van der Waals surface area (Å²) >= 11 is 0. The van der Waals surface area contributed by atoms with Gasteiger partial charge in [-0.25, -0.2) is 4.79 Å². The van der Waals surface area contributed by atoms with Gasteiger partial charge in [-0.05, 0) is 43.4 Å². The highest BCUT2D eigenvalue weighted by Gasteiger charge is 2.49. The van der Waals surface area contributed by atoms with Crippen LogP contribution in [0.1, 0.15) is 59.3 Å². The minimum absolute atomic E-state index is 0.163. The minimum atomic E-state index is -1.87. The maximum absolute atomic E-state index is 12.2. The first-order chi connectivity index (χ1) is 9.34. The molecule has 4 nitrogen and oxygen atoms in total. The Bertz CT molecular complexity index is 390. The Labute approximate surface area is 120 Å². The number of hydrogen-bond acceptors (Lipinski definition) is 4. The largest absolute Gasteiger partial charge is 0.460 e. The van der Waals surface area contributed by atoms with Gasteiger partial charge in [-0.15, -0.1) is 0 Å². The SMILES string of the molecule is CC1CCC(C(C)C)C(OC(=O)C2(O)CCCC2=O)C1. The highest BCUT2D eigenvalue weighted by atomic mass is 16.6. The second-order valence-electron chi connectivity index (χ2n) is 6.91. The smallest absolute Gasteiger partial charge is 0.346 e. The second kappa shape index (κ2) is 5.84. The monoisotopic (exact) mass is 282 g/mol. The van der Waals surface area contributed by atoms with Crippen LogP contribution in [0, 0.1) is 17.8 Å². The summed E-state index contributed by atoms with van der Waals surface area (Å²) in [5.41, 5.74) is -1.87. The standard InChI is InChI=1S/C16H26O4/c1-10(2)12-7-6-11(3)9-13(12)20-15(18)16(19)8-4-5-14(16)17/h10-13,19H,4-9H2,1-3H3. The average molecular weight is 282 g/mol. The summed E-state index contributed by atoms with van der Waals surface area (Å²) < 4.78 is 5.58. The summed E-state index contributed by atoms with van der Waals surface area (Å²) in [6.45, 7) is 6.43. The van der Waals surface area contributed by atoms with Gasteiger partial charge in [0.05, 0.1) is 0 Å². The van der Waals surface area contributed by atoms with Gasteiger partial charge in [-0.2, -0.15) is 0 Å². The van der Waals surface area contributed by atoms with Gasteiger partial charge in [0.15, 0.2) is 5.78 Å². The van der Waals surface area contributed by atoms with Crippen molar-refractivity contribution in [3.8, 4) is 0 Å². The first kappa shape index (κ1) is 15.5. The molecule has 2 aliphatic carbocycles. The molecule has 0 heterocycles. The highest BCUT2D eigenvalue weighted by molar-refractivity contribution is 6.08. The lowest BCUT2D eigenvalue weighted by atomic mass is 9.75. The van der Waals surface area contributed by atoms with E-state index in [1.165, 1.54) is 0 Å². The third-order valence-corrected chi connectivity index (χ3v) is 4.96. The Morgan fingerprint density at radius 2 is 2.10 bits per heavy atom. The van der Waals surface area contributed by atoms with Crippen molar-refractivity contribution < 1.29 is 19.4 Å². The predicted molar refractivity (Wildman–Crippen MR) is 75.0 cm³/mol. The molecule has 0 aliphatic heterocycles. The number of carbonyl (C=O) groups is 2. The maximum Gasteiger partial charge on any atom is 0.346 e. The van der Waals surface area contributed by atoms with Crippen LogP contribution in [-0.2, 0) is 14.3 Å². The highest BCUT2D eigenvalue weighted by Crippen LogP contribution is 2.37. The van der Waals surface area contributed by atoms with Gasteiger partial charge in [0, 0.05) is 6.42 Å². The molecule has 0 aromatic heterocycles. The van der Waals surface area contributed by atoms with Gasteiger partial charge >= 0.3 is 5.97 Å². The lowest BCUT2D eigenvalue weighted by Crippen LogP contribution is -2.47. The first-order valence-electron chi connectivity index (χ1n) is 7.81. The van der Waals surface area contributed by atoms with E-state index in [0.717, 1.165) is 19.3 Å². The van der Waals surface area contributed by atoms with Crippen LogP contribution in [0.4, 0.5) is 0 Å². The topological polar surface area (TPSA) is 63.6 Å². The van der Waals surface area contributed by atoms with Crippen molar-refractivity contribution in [1.29, 1.82) is 0 Å². The van der Waals surface area contributed by atoms with E-state index in [0.29, 0.717) is 24.2 Å². The van der Waals surface area contributed by atoms with Gasteiger partial charge in [0.25, 0.3) is 0 Å². The molecule has 4 atom stereocenters. The zero-order chi connectivity index (χ0) is 14.9. The summed E-state index contributed by atoms with van der Waals surface area (Å²) in [6.07, 6.45) is 3.92. The molecule has 0 spiro atoms. The lowest BCUT2D eigenvalue weighted by Gasteiger charge is -2.37. The van der Waals surface area contributed by atoms with E-state index in [1.807, 2.05) is 0 Å². The molecular weight excluding hydrogens is 256 g/mol. The molecule has 2 rings (SSSR count). The van der Waals surface area contributed by atoms with Crippen LogP contribution in [0.2, 0.25) is 0 Å². The molecule has 20 heavy (non-hydrogen) atoms. The zero-order valence-corrected chi connectivity index (χ0v) is 12.7. The molecule has 4 unspecified atom stereocenters. The van der Waals surface area contributed by atoms with Gasteiger partial charge in [0.2, 0.25) is 5.60 Å². The number of aliphatic hydroxyl groups is 1. The van der Waals surface area contributed by atoms with Gasteiger partial charge in [-0.3, -0.25) is 4.79 Å². The number of carbonyl (C=O) groups excluding carboxylic acids is 2. The van der Waals surface area contributed by atoms with Crippen LogP contribution in [0.5, 0.6) is 0 Å². The maximum atomic E-state index is 12.2. The fourth-order valence-corrected chi connectivity index (χ4v) is 3.55. The van der Waals surface area contributed by atoms with Gasteiger partial charge < -0.3 is 9.84 Å². The van der Waals surface area contributed by atoms with E-state index < -0.39 is 11.6 Å². The van der Waals surface area contributed by atoms with Crippen LogP contribution >= 0.6 is 0 Å². The first-order valence-corrected chi connectivity index (χ1v) is 7.81. The van der Waals surface area contributed by atoms with E-state index in [-0.39, 0.29) is 24.7 Å². The molecule has 0 bridgehead atoms. The van der Waals surface area contributed by atoms with Crippen molar-refractivity contribution in [3.05, 3.63) is 0 Å². The predicted octanol–water partition coefficient (Wildman–Crippen LogP) is 2.47. The summed E-state index contributed by atoms with van der Waals surface area (Å²) in [4.78, 5) is 23.9. The number of hydrogen-bond donors (Lipinski definition) is 1. The second-order valence-corrected chi connectivity index (χ2v) is 6.91. The number of Topliss-reactive ketones (excluding diaryl/α,β-unsaturated/α-hetero) is 1. The average Bonchev–Trinajstić information content (AvgIpc) is 2.70. The Hall–Kier alpha value is -0.900. The molecule has 2 fully saturated rings. The fraction of sp³-hybridized carbons (Fsp3) is 0.875. The van der Waals surface area contributed by atoms with Crippen molar-refractivity contribution in [1.82, 2.24) is 0 Å².